The molecule has 2 aliphatic carbocycles. The van der Waals surface area contributed by atoms with Crippen LogP contribution in [-0.4, -0.2) is 94.2 Å². The van der Waals surface area contributed by atoms with Gasteiger partial charge in [-0.2, -0.15) is 17.8 Å². The third-order valence-corrected chi connectivity index (χ3v) is 12.5. The number of ether oxygens (including phenoxy) is 1. The van der Waals surface area contributed by atoms with E-state index in [-0.39, 0.29) is 5.41 Å². The first-order valence-electron chi connectivity index (χ1n) is 17.3. The summed E-state index contributed by atoms with van der Waals surface area (Å²) in [5.41, 5.74) is 6.33. The van der Waals surface area contributed by atoms with Crippen molar-refractivity contribution in [3.63, 3.8) is 0 Å². The number of hydrogen-bond acceptors (Lipinski definition) is 7. The zero-order valence-electron chi connectivity index (χ0n) is 28.3. The molecule has 3 aromatic rings. The predicted octanol–water partition coefficient (Wildman–Crippen LogP) is 5.35. The fraction of sp³-hybridized carbons (Fsp3) is 0.583. The Hall–Kier alpha value is -2.96. The number of rotatable bonds is 11. The van der Waals surface area contributed by atoms with E-state index in [0.717, 1.165) is 59.9 Å². The Morgan fingerprint density at radius 3 is 2.51 bits per heavy atom. The summed E-state index contributed by atoms with van der Waals surface area (Å²) in [5, 5.41) is 3.16. The smallest absolute Gasteiger partial charge is 0.303 e. The number of likely N-dealkylation sites (N-methyl/N-ethyl adjacent to an activating group) is 1. The first-order chi connectivity index (χ1) is 22.6. The summed E-state index contributed by atoms with van der Waals surface area (Å²) in [6, 6.07) is 12.2. The van der Waals surface area contributed by atoms with Gasteiger partial charge in [-0.05, 0) is 98.5 Å². The van der Waals surface area contributed by atoms with E-state index in [0.29, 0.717) is 24.0 Å². The van der Waals surface area contributed by atoms with Crippen molar-refractivity contribution in [2.75, 3.05) is 61.0 Å². The number of aromatic nitrogens is 1. The molecule has 0 radical (unpaired) electrons. The third kappa shape index (κ3) is 6.21. The second-order valence-electron chi connectivity index (χ2n) is 14.4. The van der Waals surface area contributed by atoms with Crippen molar-refractivity contribution < 1.29 is 22.8 Å². The molecule has 2 unspecified atom stereocenters. The van der Waals surface area contributed by atoms with E-state index in [2.05, 4.69) is 32.4 Å². The lowest BCUT2D eigenvalue weighted by Crippen LogP contribution is -2.39. The van der Waals surface area contributed by atoms with Gasteiger partial charge in [-0.3, -0.25) is 9.63 Å². The molecule has 0 spiro atoms. The number of hydroxylamine groups is 2. The number of benzene rings is 2. The minimum absolute atomic E-state index is 0.115. The zero-order valence-corrected chi connectivity index (χ0v) is 29.1. The van der Waals surface area contributed by atoms with Gasteiger partial charge in [-0.15, -0.1) is 0 Å². The van der Waals surface area contributed by atoms with Crippen molar-refractivity contribution in [1.82, 2.24) is 23.6 Å². The molecule has 254 valence electrons. The molecule has 2 atom stereocenters. The van der Waals surface area contributed by atoms with Crippen molar-refractivity contribution in [1.29, 1.82) is 0 Å². The highest BCUT2D eigenvalue weighted by atomic mass is 32.2. The molecule has 4 aliphatic rings. The number of fused-ring (bicyclic) bond motifs is 7. The monoisotopic (exact) mass is 663 g/mol. The maximum atomic E-state index is 13.3. The second-order valence-corrected chi connectivity index (χ2v) is 16.3. The number of carbonyl (C=O) groups excluding carboxylic acids is 1. The fourth-order valence-electron chi connectivity index (χ4n) is 8.29. The van der Waals surface area contributed by atoms with Crippen LogP contribution in [0.2, 0.25) is 0 Å². The average molecular weight is 664 g/mol. The van der Waals surface area contributed by atoms with E-state index in [1.54, 1.807) is 13.2 Å². The number of hydrogen-bond donors (Lipinski definition) is 1. The lowest BCUT2D eigenvalue weighted by Gasteiger charge is -2.25. The lowest BCUT2D eigenvalue weighted by atomic mass is 9.81. The van der Waals surface area contributed by atoms with Crippen molar-refractivity contribution in [2.45, 2.75) is 69.7 Å². The van der Waals surface area contributed by atoms with Crippen LogP contribution < -0.4 is 9.46 Å². The molecule has 1 N–H and O–H groups in total. The van der Waals surface area contributed by atoms with Crippen molar-refractivity contribution in [3.05, 3.63) is 53.1 Å². The Labute approximate surface area is 279 Å². The molecule has 3 fully saturated rings. The van der Waals surface area contributed by atoms with Crippen LogP contribution in [0.15, 0.2) is 36.4 Å². The van der Waals surface area contributed by atoms with Crippen LogP contribution in [0, 0.1) is 5.41 Å². The number of amides is 1. The number of likely N-dealkylation sites (tertiary alicyclic amines) is 1. The second kappa shape index (κ2) is 12.8. The van der Waals surface area contributed by atoms with E-state index in [1.807, 2.05) is 24.2 Å². The molecule has 1 aromatic heterocycles. The largest absolute Gasteiger partial charge is 0.497 e. The van der Waals surface area contributed by atoms with Crippen LogP contribution in [-0.2, 0) is 21.6 Å². The van der Waals surface area contributed by atoms with E-state index >= 15 is 0 Å². The quantitative estimate of drug-likeness (QED) is 0.277. The first kappa shape index (κ1) is 32.6. The van der Waals surface area contributed by atoms with Gasteiger partial charge in [0.2, 0.25) is 0 Å². The van der Waals surface area contributed by atoms with Gasteiger partial charge < -0.3 is 14.2 Å². The number of nitrogens with zero attached hydrogens (tertiary/aromatic N) is 4. The Bertz CT molecular complexity index is 1760. The number of methoxy groups -OCH3 is 1. The molecule has 2 saturated carbocycles. The molecule has 0 bridgehead atoms. The van der Waals surface area contributed by atoms with E-state index in [1.165, 1.54) is 81.7 Å². The summed E-state index contributed by atoms with van der Waals surface area (Å²) in [5.74, 6) is 0.976. The van der Waals surface area contributed by atoms with Crippen LogP contribution in [0.1, 0.15) is 84.7 Å². The van der Waals surface area contributed by atoms with Gasteiger partial charge in [0.1, 0.15) is 5.75 Å². The Morgan fingerprint density at radius 2 is 1.79 bits per heavy atom. The van der Waals surface area contributed by atoms with Crippen molar-refractivity contribution in [2.24, 2.45) is 5.41 Å². The average Bonchev–Trinajstić information content (AvgIpc) is 3.39. The number of carbonyl (C=O) groups is 1. The Kier molecular flexibility index (Phi) is 8.88. The highest BCUT2D eigenvalue weighted by Crippen LogP contribution is 2.65. The van der Waals surface area contributed by atoms with E-state index < -0.39 is 16.1 Å². The summed E-state index contributed by atoms with van der Waals surface area (Å²) in [7, 11) is 2.66. The molecule has 1 saturated heterocycles. The minimum atomic E-state index is -3.93. The van der Waals surface area contributed by atoms with Gasteiger partial charge in [0.05, 0.1) is 19.4 Å². The van der Waals surface area contributed by atoms with Crippen molar-refractivity contribution >= 4 is 27.0 Å². The number of nitrogens with one attached hydrogen (secondary N) is 1. The molecule has 3 heterocycles. The molecule has 2 aliphatic heterocycles. The van der Waals surface area contributed by atoms with Crippen LogP contribution in [0.4, 0.5) is 0 Å². The highest BCUT2D eigenvalue weighted by molar-refractivity contribution is 7.87. The standard InChI is InChI=1S/C36H49N5O5S/c1-38(2)47(43,44)37-35(42)26-12-14-29-32(20-26)41-23-36(24-46-39(3)18-19-40-16-8-9-17-40)22-31(36)30-21-27(45-4)13-15-28(30)34(41)33(29)25-10-6-5-7-11-25/h12-15,20-21,25,31H,5-11,16-19,22-24H2,1-4H3,(H,37,42). The minimum Gasteiger partial charge on any atom is -0.497 e. The Balaban J connectivity index is 1.31. The summed E-state index contributed by atoms with van der Waals surface area (Å²) in [6.45, 7) is 5.58. The maximum absolute atomic E-state index is 13.3. The van der Waals surface area contributed by atoms with Crippen LogP contribution in [0.5, 0.6) is 5.75 Å². The van der Waals surface area contributed by atoms with Crippen LogP contribution >= 0.6 is 0 Å². The lowest BCUT2D eigenvalue weighted by molar-refractivity contribution is -0.158. The summed E-state index contributed by atoms with van der Waals surface area (Å²) in [4.78, 5) is 22.4. The molecule has 11 heteroatoms. The molecular formula is C36H49N5O5S. The summed E-state index contributed by atoms with van der Waals surface area (Å²) in [6.07, 6.45) is 9.52. The normalized spacial score (nSPS) is 23.1. The van der Waals surface area contributed by atoms with Gasteiger partial charge >= 0.3 is 10.2 Å². The highest BCUT2D eigenvalue weighted by Gasteiger charge is 2.58. The molecular weight excluding hydrogens is 614 g/mol. The van der Waals surface area contributed by atoms with Crippen LogP contribution in [0.25, 0.3) is 22.2 Å². The predicted molar refractivity (Wildman–Crippen MR) is 184 cm³/mol. The molecule has 10 nitrogen and oxygen atoms in total. The van der Waals surface area contributed by atoms with Gasteiger partial charge in [0.15, 0.2) is 0 Å². The van der Waals surface area contributed by atoms with E-state index in [4.69, 9.17) is 9.57 Å². The van der Waals surface area contributed by atoms with E-state index in [9.17, 15) is 13.2 Å². The first-order valence-corrected chi connectivity index (χ1v) is 18.7. The van der Waals surface area contributed by atoms with Gasteiger partial charge in [0, 0.05) is 68.2 Å². The topological polar surface area (TPSA) is 96.4 Å². The molecule has 1 amide bonds. The molecule has 7 rings (SSSR count). The maximum Gasteiger partial charge on any atom is 0.303 e. The SMILES string of the molecule is COc1ccc2c(c1)C1CC1(CON(C)CCN1CCCC1)Cn1c-2c(C2CCCCC2)c2ccc(C(=O)NS(=O)(=O)N(C)C)cc21. The summed E-state index contributed by atoms with van der Waals surface area (Å²) >= 11 is 0. The van der Waals surface area contributed by atoms with Gasteiger partial charge in [-0.25, -0.2) is 4.72 Å². The fourth-order valence-corrected chi connectivity index (χ4v) is 8.82. The third-order valence-electron chi connectivity index (χ3n) is 11.1. The molecule has 2 aromatic carbocycles. The van der Waals surface area contributed by atoms with Gasteiger partial charge in [-0.1, -0.05) is 25.3 Å². The van der Waals surface area contributed by atoms with Crippen LogP contribution in [0.3, 0.4) is 0 Å². The van der Waals surface area contributed by atoms with Crippen molar-refractivity contribution in [3.8, 4) is 17.0 Å². The zero-order chi connectivity index (χ0) is 32.9. The summed E-state index contributed by atoms with van der Waals surface area (Å²) < 4.78 is 36.5. The Morgan fingerprint density at radius 1 is 1.02 bits per heavy atom. The van der Waals surface area contributed by atoms with Gasteiger partial charge in [0.25, 0.3) is 5.91 Å². The molecule has 47 heavy (non-hydrogen) atoms.